The van der Waals surface area contributed by atoms with Gasteiger partial charge in [0.15, 0.2) is 11.0 Å². The molecule has 1 N–H and O–H groups in total. The minimum absolute atomic E-state index is 0.649. The maximum Gasteiger partial charge on any atom is 0.244 e. The summed E-state index contributed by atoms with van der Waals surface area (Å²) in [7, 11) is 0. The van der Waals surface area contributed by atoms with E-state index >= 15 is 0 Å². The van der Waals surface area contributed by atoms with E-state index in [0.29, 0.717) is 6.04 Å². The minimum atomic E-state index is 0.649. The molecule has 0 bridgehead atoms. The lowest BCUT2D eigenvalue weighted by molar-refractivity contribution is -0.674. The first-order valence-corrected chi connectivity index (χ1v) is 7.59. The van der Waals surface area contributed by atoms with Crippen molar-refractivity contribution >= 4 is 11.0 Å². The third-order valence-electron chi connectivity index (χ3n) is 4.11. The molecular formula is C16H24N3+. The zero-order valence-corrected chi connectivity index (χ0v) is 11.8. The molecule has 1 aliphatic rings. The Labute approximate surface area is 115 Å². The van der Waals surface area contributed by atoms with Gasteiger partial charge in [-0.05, 0) is 37.9 Å². The number of nitrogens with zero attached hydrogens (tertiary/aromatic N) is 2. The Hall–Kier alpha value is -1.35. The van der Waals surface area contributed by atoms with E-state index in [-0.39, 0.29) is 0 Å². The molecule has 2 heterocycles. The second-order valence-electron chi connectivity index (χ2n) is 5.60. The first-order chi connectivity index (χ1) is 9.38. The standard InChI is InChI=1S/C16H24N3/c1-2-3-11-18-13-19(12-14-7-6-10-17-14)16-9-5-4-8-15(16)18/h4-5,8-9,13-14,17H,2-3,6-7,10-12H2,1H3/q+1/t14-/m0/s1. The fourth-order valence-corrected chi connectivity index (χ4v) is 3.04. The van der Waals surface area contributed by atoms with E-state index in [1.54, 1.807) is 0 Å². The topological polar surface area (TPSA) is 20.8 Å². The number of aromatic nitrogens is 2. The van der Waals surface area contributed by atoms with Crippen LogP contribution in [0.4, 0.5) is 0 Å². The second-order valence-corrected chi connectivity index (χ2v) is 5.60. The molecule has 3 nitrogen and oxygen atoms in total. The highest BCUT2D eigenvalue weighted by Gasteiger charge is 2.20. The van der Waals surface area contributed by atoms with Gasteiger partial charge in [-0.15, -0.1) is 0 Å². The van der Waals surface area contributed by atoms with Crippen molar-refractivity contribution in [3.05, 3.63) is 30.6 Å². The first-order valence-electron chi connectivity index (χ1n) is 7.59. The highest BCUT2D eigenvalue weighted by molar-refractivity contribution is 5.71. The van der Waals surface area contributed by atoms with Crippen LogP contribution in [0.5, 0.6) is 0 Å². The van der Waals surface area contributed by atoms with Gasteiger partial charge in [-0.1, -0.05) is 25.5 Å². The molecule has 19 heavy (non-hydrogen) atoms. The monoisotopic (exact) mass is 258 g/mol. The van der Waals surface area contributed by atoms with Crippen LogP contribution >= 0.6 is 0 Å². The molecular weight excluding hydrogens is 234 g/mol. The number of imidazole rings is 1. The molecule has 1 aliphatic heterocycles. The van der Waals surface area contributed by atoms with Crippen molar-refractivity contribution in [1.29, 1.82) is 0 Å². The normalized spacial score (nSPS) is 19.3. The third-order valence-corrected chi connectivity index (χ3v) is 4.11. The largest absolute Gasteiger partial charge is 0.310 e. The molecule has 1 aromatic carbocycles. The summed E-state index contributed by atoms with van der Waals surface area (Å²) in [6, 6.07) is 9.42. The summed E-state index contributed by atoms with van der Waals surface area (Å²) in [5, 5.41) is 3.59. The number of unbranched alkanes of at least 4 members (excludes halogenated alkanes) is 1. The van der Waals surface area contributed by atoms with Crippen LogP contribution in [0.2, 0.25) is 0 Å². The molecule has 2 aromatic rings. The van der Waals surface area contributed by atoms with Gasteiger partial charge in [-0.3, -0.25) is 0 Å². The van der Waals surface area contributed by atoms with E-state index in [0.717, 1.165) is 13.1 Å². The van der Waals surface area contributed by atoms with E-state index in [4.69, 9.17) is 0 Å². The van der Waals surface area contributed by atoms with Crippen molar-refractivity contribution in [2.24, 2.45) is 0 Å². The lowest BCUT2D eigenvalue weighted by atomic mass is 10.2. The quantitative estimate of drug-likeness (QED) is 0.817. The Morgan fingerprint density at radius 3 is 3.05 bits per heavy atom. The van der Waals surface area contributed by atoms with Crippen LogP contribution in [-0.2, 0) is 13.1 Å². The smallest absolute Gasteiger partial charge is 0.244 e. The van der Waals surface area contributed by atoms with E-state index in [9.17, 15) is 0 Å². The summed E-state index contributed by atoms with van der Waals surface area (Å²) in [5.41, 5.74) is 2.74. The van der Waals surface area contributed by atoms with Gasteiger partial charge in [-0.25, -0.2) is 9.13 Å². The predicted molar refractivity (Wildman–Crippen MR) is 78.1 cm³/mol. The van der Waals surface area contributed by atoms with Gasteiger partial charge in [-0.2, -0.15) is 0 Å². The van der Waals surface area contributed by atoms with Crippen LogP contribution in [-0.4, -0.2) is 17.2 Å². The maximum absolute atomic E-state index is 3.59. The Morgan fingerprint density at radius 1 is 1.37 bits per heavy atom. The molecule has 1 atom stereocenters. The number of rotatable bonds is 5. The molecule has 3 heteroatoms. The van der Waals surface area contributed by atoms with Crippen LogP contribution < -0.4 is 9.88 Å². The molecule has 0 amide bonds. The number of fused-ring (bicyclic) bond motifs is 1. The van der Waals surface area contributed by atoms with Gasteiger partial charge in [0.2, 0.25) is 6.33 Å². The average Bonchev–Trinajstić information content (AvgIpc) is 3.06. The average molecular weight is 258 g/mol. The fourth-order valence-electron chi connectivity index (χ4n) is 3.04. The van der Waals surface area contributed by atoms with Gasteiger partial charge < -0.3 is 5.32 Å². The molecule has 0 saturated carbocycles. The van der Waals surface area contributed by atoms with Crippen LogP contribution in [0, 0.1) is 0 Å². The molecule has 102 valence electrons. The van der Waals surface area contributed by atoms with Crippen LogP contribution in [0.25, 0.3) is 11.0 Å². The van der Waals surface area contributed by atoms with E-state index < -0.39 is 0 Å². The Bertz CT molecular complexity index is 538. The Balaban J connectivity index is 1.89. The predicted octanol–water partition coefficient (Wildman–Crippen LogP) is 2.48. The summed E-state index contributed by atoms with van der Waals surface area (Å²) in [5.74, 6) is 0. The molecule has 0 unspecified atom stereocenters. The summed E-state index contributed by atoms with van der Waals surface area (Å²) in [4.78, 5) is 0. The van der Waals surface area contributed by atoms with E-state index in [1.807, 2.05) is 0 Å². The van der Waals surface area contributed by atoms with Crippen LogP contribution in [0.1, 0.15) is 32.6 Å². The first kappa shape index (κ1) is 12.7. The van der Waals surface area contributed by atoms with E-state index in [2.05, 4.69) is 52.0 Å². The number of hydrogen-bond acceptors (Lipinski definition) is 1. The summed E-state index contributed by atoms with van der Waals surface area (Å²) >= 11 is 0. The maximum atomic E-state index is 3.59. The zero-order valence-electron chi connectivity index (χ0n) is 11.8. The van der Waals surface area contributed by atoms with Crippen LogP contribution in [0.15, 0.2) is 30.6 Å². The highest BCUT2D eigenvalue weighted by Crippen LogP contribution is 2.13. The molecule has 0 spiro atoms. The van der Waals surface area contributed by atoms with Gasteiger partial charge >= 0.3 is 0 Å². The third kappa shape index (κ3) is 2.66. The van der Waals surface area contributed by atoms with E-state index in [1.165, 1.54) is 43.3 Å². The summed E-state index contributed by atoms with van der Waals surface area (Å²) < 4.78 is 4.84. The molecule has 0 radical (unpaired) electrons. The summed E-state index contributed by atoms with van der Waals surface area (Å²) in [6.45, 7) is 5.66. The van der Waals surface area contributed by atoms with Crippen molar-refractivity contribution in [2.45, 2.75) is 51.7 Å². The number of hydrogen-bond donors (Lipinski definition) is 1. The Kier molecular flexibility index (Phi) is 3.83. The van der Waals surface area contributed by atoms with Crippen molar-refractivity contribution in [3.63, 3.8) is 0 Å². The van der Waals surface area contributed by atoms with Crippen molar-refractivity contribution in [3.8, 4) is 0 Å². The SMILES string of the molecule is CCCCn1c[n+](C[C@@H]2CCCN2)c2ccccc21. The lowest BCUT2D eigenvalue weighted by Gasteiger charge is -2.06. The molecule has 1 fully saturated rings. The number of aryl methyl sites for hydroxylation is 1. The lowest BCUT2D eigenvalue weighted by Crippen LogP contribution is -2.42. The molecule has 0 aliphatic carbocycles. The fraction of sp³-hybridized carbons (Fsp3) is 0.562. The molecule has 1 aromatic heterocycles. The highest BCUT2D eigenvalue weighted by atomic mass is 15.1. The molecule has 1 saturated heterocycles. The van der Waals surface area contributed by atoms with Crippen molar-refractivity contribution in [1.82, 2.24) is 9.88 Å². The van der Waals surface area contributed by atoms with Gasteiger partial charge in [0.05, 0.1) is 6.54 Å². The van der Waals surface area contributed by atoms with Gasteiger partial charge in [0, 0.05) is 6.04 Å². The zero-order chi connectivity index (χ0) is 13.1. The van der Waals surface area contributed by atoms with Gasteiger partial charge in [0.25, 0.3) is 0 Å². The number of benzene rings is 1. The Morgan fingerprint density at radius 2 is 2.26 bits per heavy atom. The number of nitrogens with one attached hydrogen (secondary N) is 1. The number of para-hydroxylation sites is 2. The second kappa shape index (κ2) is 5.74. The van der Waals surface area contributed by atoms with Crippen molar-refractivity contribution < 1.29 is 4.57 Å². The summed E-state index contributed by atoms with van der Waals surface area (Å²) in [6.07, 6.45) is 7.43. The van der Waals surface area contributed by atoms with Gasteiger partial charge in [0.1, 0.15) is 6.54 Å². The minimum Gasteiger partial charge on any atom is -0.310 e. The molecule has 3 rings (SSSR count). The van der Waals surface area contributed by atoms with Crippen molar-refractivity contribution in [2.75, 3.05) is 6.54 Å². The van der Waals surface area contributed by atoms with Crippen LogP contribution in [0.3, 0.4) is 0 Å².